The Hall–Kier alpha value is -0.0831. The molecule has 12 heavy (non-hydrogen) atoms. The van der Waals surface area contributed by atoms with Crippen molar-refractivity contribution in [2.75, 3.05) is 6.61 Å². The molecular weight excluding hydrogens is 164 g/mol. The summed E-state index contributed by atoms with van der Waals surface area (Å²) in [5.41, 5.74) is 0. The van der Waals surface area contributed by atoms with Crippen molar-refractivity contribution < 1.29 is 4.43 Å². The maximum Gasteiger partial charge on any atom is 0.192 e. The second kappa shape index (κ2) is 6.43. The van der Waals surface area contributed by atoms with Crippen molar-refractivity contribution in [2.45, 2.75) is 45.8 Å². The van der Waals surface area contributed by atoms with Gasteiger partial charge in [-0.1, -0.05) is 32.9 Å². The third-order valence-electron chi connectivity index (χ3n) is 2.65. The van der Waals surface area contributed by atoms with E-state index >= 15 is 0 Å². The highest BCUT2D eigenvalue weighted by Gasteiger charge is 2.27. The molecule has 0 amide bonds. The van der Waals surface area contributed by atoms with Gasteiger partial charge in [0, 0.05) is 0 Å². The SMILES string of the molecule is C/C=C/CO[Si](CC)(CC)CC. The highest BCUT2D eigenvalue weighted by atomic mass is 28.4. The van der Waals surface area contributed by atoms with E-state index in [4.69, 9.17) is 4.43 Å². The normalized spacial score (nSPS) is 12.7. The lowest BCUT2D eigenvalue weighted by molar-refractivity contribution is 0.342. The maximum absolute atomic E-state index is 5.97. The first-order chi connectivity index (χ1) is 5.74. The first kappa shape index (κ1) is 11.9. The van der Waals surface area contributed by atoms with Gasteiger partial charge in [-0.15, -0.1) is 0 Å². The summed E-state index contributed by atoms with van der Waals surface area (Å²) in [4.78, 5) is 0. The molecule has 0 N–H and O–H groups in total. The van der Waals surface area contributed by atoms with E-state index < -0.39 is 8.32 Å². The Balaban J connectivity index is 3.92. The molecule has 0 aliphatic heterocycles. The third kappa shape index (κ3) is 3.54. The van der Waals surface area contributed by atoms with Crippen molar-refractivity contribution in [3.63, 3.8) is 0 Å². The van der Waals surface area contributed by atoms with Crippen LogP contribution in [-0.4, -0.2) is 14.9 Å². The van der Waals surface area contributed by atoms with Crippen LogP contribution >= 0.6 is 0 Å². The lowest BCUT2D eigenvalue weighted by Gasteiger charge is -2.27. The van der Waals surface area contributed by atoms with E-state index in [1.165, 1.54) is 18.1 Å². The predicted octanol–water partition coefficient (Wildman–Crippen LogP) is 3.58. The molecule has 0 aromatic carbocycles. The van der Waals surface area contributed by atoms with Crippen LogP contribution in [0, 0.1) is 0 Å². The predicted molar refractivity (Wildman–Crippen MR) is 58.0 cm³/mol. The van der Waals surface area contributed by atoms with Crippen LogP contribution in [0.5, 0.6) is 0 Å². The Morgan fingerprint density at radius 1 is 1.08 bits per heavy atom. The van der Waals surface area contributed by atoms with E-state index in [0.29, 0.717) is 0 Å². The Labute approximate surface area is 78.0 Å². The van der Waals surface area contributed by atoms with Gasteiger partial charge in [0.2, 0.25) is 0 Å². The second-order valence-corrected chi connectivity index (χ2v) is 7.90. The summed E-state index contributed by atoms with van der Waals surface area (Å²) in [6.45, 7) is 9.63. The first-order valence-corrected chi connectivity index (χ1v) is 7.52. The third-order valence-corrected chi connectivity index (χ3v) is 7.30. The van der Waals surface area contributed by atoms with Gasteiger partial charge in [-0.25, -0.2) is 0 Å². The Kier molecular flexibility index (Phi) is 6.39. The lowest BCUT2D eigenvalue weighted by atomic mass is 10.6. The number of hydrogen-bond donors (Lipinski definition) is 0. The van der Waals surface area contributed by atoms with Gasteiger partial charge in [-0.2, -0.15) is 0 Å². The zero-order chi connectivity index (χ0) is 9.45. The van der Waals surface area contributed by atoms with Gasteiger partial charge < -0.3 is 4.43 Å². The monoisotopic (exact) mass is 186 g/mol. The van der Waals surface area contributed by atoms with Crippen molar-refractivity contribution in [1.82, 2.24) is 0 Å². The molecule has 0 bridgehead atoms. The summed E-state index contributed by atoms with van der Waals surface area (Å²) in [6, 6.07) is 3.74. The first-order valence-electron chi connectivity index (χ1n) is 4.99. The molecule has 0 fully saturated rings. The smallest absolute Gasteiger partial charge is 0.192 e. The molecule has 0 saturated heterocycles. The fourth-order valence-electron chi connectivity index (χ4n) is 1.38. The van der Waals surface area contributed by atoms with Crippen molar-refractivity contribution >= 4 is 8.32 Å². The zero-order valence-electron chi connectivity index (χ0n) is 8.89. The lowest BCUT2D eigenvalue weighted by Crippen LogP contribution is -2.35. The topological polar surface area (TPSA) is 9.23 Å². The molecule has 0 spiro atoms. The van der Waals surface area contributed by atoms with Crippen molar-refractivity contribution in [1.29, 1.82) is 0 Å². The van der Waals surface area contributed by atoms with E-state index in [1.807, 2.05) is 6.92 Å². The van der Waals surface area contributed by atoms with Crippen LogP contribution in [0.25, 0.3) is 0 Å². The number of hydrogen-bond acceptors (Lipinski definition) is 1. The average molecular weight is 186 g/mol. The maximum atomic E-state index is 5.97. The minimum absolute atomic E-state index is 0.818. The van der Waals surface area contributed by atoms with E-state index in [1.54, 1.807) is 0 Å². The van der Waals surface area contributed by atoms with Crippen molar-refractivity contribution in [3.8, 4) is 0 Å². The quantitative estimate of drug-likeness (QED) is 0.455. The van der Waals surface area contributed by atoms with Crippen LogP contribution < -0.4 is 0 Å². The van der Waals surface area contributed by atoms with Crippen LogP contribution in [0.1, 0.15) is 27.7 Å². The molecule has 0 aliphatic rings. The molecule has 0 aromatic rings. The van der Waals surface area contributed by atoms with Crippen molar-refractivity contribution in [2.24, 2.45) is 0 Å². The minimum Gasteiger partial charge on any atom is -0.413 e. The second-order valence-electron chi connectivity index (χ2n) is 3.12. The molecule has 0 saturated carbocycles. The fourth-order valence-corrected chi connectivity index (χ4v) is 3.94. The van der Waals surface area contributed by atoms with Crippen LogP contribution in [0.15, 0.2) is 12.2 Å². The molecule has 0 aliphatic carbocycles. The zero-order valence-corrected chi connectivity index (χ0v) is 9.89. The molecule has 0 rings (SSSR count). The molecule has 0 radical (unpaired) electrons. The Morgan fingerprint density at radius 3 is 1.92 bits per heavy atom. The summed E-state index contributed by atoms with van der Waals surface area (Å²) in [6.07, 6.45) is 4.16. The molecular formula is C10H22OSi. The van der Waals surface area contributed by atoms with Gasteiger partial charge in [0.15, 0.2) is 8.32 Å². The van der Waals surface area contributed by atoms with E-state index in [0.717, 1.165) is 6.61 Å². The van der Waals surface area contributed by atoms with Crippen LogP contribution in [0.2, 0.25) is 18.1 Å². The summed E-state index contributed by atoms with van der Waals surface area (Å²) >= 11 is 0. The summed E-state index contributed by atoms with van der Waals surface area (Å²) < 4.78 is 5.97. The molecule has 1 nitrogen and oxygen atoms in total. The summed E-state index contributed by atoms with van der Waals surface area (Å²) in [5.74, 6) is 0. The van der Waals surface area contributed by atoms with Crippen LogP contribution in [0.4, 0.5) is 0 Å². The fraction of sp³-hybridized carbons (Fsp3) is 0.800. The number of allylic oxidation sites excluding steroid dienone is 1. The molecule has 0 atom stereocenters. The summed E-state index contributed by atoms with van der Waals surface area (Å²) in [7, 11) is -1.31. The Bertz CT molecular complexity index is 120. The van der Waals surface area contributed by atoms with Gasteiger partial charge in [0.25, 0.3) is 0 Å². The minimum atomic E-state index is -1.31. The van der Waals surface area contributed by atoms with Crippen molar-refractivity contribution in [3.05, 3.63) is 12.2 Å². The molecule has 0 aromatic heterocycles. The molecule has 2 heteroatoms. The average Bonchev–Trinajstić information content (AvgIpc) is 2.14. The van der Waals surface area contributed by atoms with E-state index in [9.17, 15) is 0 Å². The van der Waals surface area contributed by atoms with Gasteiger partial charge in [-0.05, 0) is 25.1 Å². The van der Waals surface area contributed by atoms with Crippen LogP contribution in [0.3, 0.4) is 0 Å². The van der Waals surface area contributed by atoms with E-state index in [2.05, 4.69) is 32.9 Å². The van der Waals surface area contributed by atoms with Gasteiger partial charge >= 0.3 is 0 Å². The van der Waals surface area contributed by atoms with E-state index in [-0.39, 0.29) is 0 Å². The van der Waals surface area contributed by atoms with Gasteiger partial charge in [-0.3, -0.25) is 0 Å². The Morgan fingerprint density at radius 2 is 1.58 bits per heavy atom. The standard InChI is InChI=1S/C10H22OSi/c1-5-9-10-11-12(6-2,7-3)8-4/h5,9H,6-8,10H2,1-4H3/b9-5+. The molecule has 72 valence electrons. The van der Waals surface area contributed by atoms with Gasteiger partial charge in [0.05, 0.1) is 6.61 Å². The largest absolute Gasteiger partial charge is 0.413 e. The highest BCUT2D eigenvalue weighted by molar-refractivity contribution is 6.73. The molecule has 0 heterocycles. The molecule has 0 unspecified atom stereocenters. The highest BCUT2D eigenvalue weighted by Crippen LogP contribution is 2.21. The summed E-state index contributed by atoms with van der Waals surface area (Å²) in [5, 5.41) is 0. The number of rotatable bonds is 6. The van der Waals surface area contributed by atoms with Crippen LogP contribution in [-0.2, 0) is 4.43 Å². The van der Waals surface area contributed by atoms with Gasteiger partial charge in [0.1, 0.15) is 0 Å².